The second-order valence-electron chi connectivity index (χ2n) is 2.93. The summed E-state index contributed by atoms with van der Waals surface area (Å²) in [6, 6.07) is 5.01. The minimum atomic E-state index is -0.321. The van der Waals surface area contributed by atoms with Crippen molar-refractivity contribution in [3.63, 3.8) is 0 Å². The molecule has 0 fully saturated rings. The van der Waals surface area contributed by atoms with Crippen molar-refractivity contribution in [1.82, 2.24) is 9.55 Å². The Morgan fingerprint density at radius 3 is 2.80 bits per heavy atom. The Morgan fingerprint density at radius 2 is 2.13 bits per heavy atom. The predicted molar refractivity (Wildman–Crippen MR) is 60.2 cm³/mol. The van der Waals surface area contributed by atoms with Gasteiger partial charge in [0.25, 0.3) is 5.56 Å². The van der Waals surface area contributed by atoms with Gasteiger partial charge in [-0.3, -0.25) is 9.36 Å². The summed E-state index contributed by atoms with van der Waals surface area (Å²) in [4.78, 5) is 15.9. The zero-order valence-electron chi connectivity index (χ0n) is 7.58. The van der Waals surface area contributed by atoms with E-state index in [1.165, 1.54) is 0 Å². The Morgan fingerprint density at radius 1 is 1.40 bits per heavy atom. The summed E-state index contributed by atoms with van der Waals surface area (Å²) in [6.45, 7) is -0.0220. The summed E-state index contributed by atoms with van der Waals surface area (Å²) in [5.74, 6) is 0. The monoisotopic (exact) mass is 243 g/mol. The van der Waals surface area contributed by atoms with Crippen molar-refractivity contribution in [2.45, 2.75) is 6.67 Å². The van der Waals surface area contributed by atoms with Crippen molar-refractivity contribution in [1.29, 1.82) is 0 Å². The van der Waals surface area contributed by atoms with Gasteiger partial charge in [0.05, 0.1) is 22.6 Å². The molecule has 0 unspecified atom stereocenters. The second kappa shape index (κ2) is 3.81. The third-order valence-corrected chi connectivity index (χ3v) is 2.67. The van der Waals surface area contributed by atoms with Gasteiger partial charge in [-0.1, -0.05) is 17.7 Å². The van der Waals surface area contributed by atoms with E-state index in [1.54, 1.807) is 18.2 Å². The first-order chi connectivity index (χ1) is 7.15. The molecule has 78 valence electrons. The highest BCUT2D eigenvalue weighted by Crippen LogP contribution is 2.19. The first-order valence-corrected chi connectivity index (χ1v) is 4.95. The van der Waals surface area contributed by atoms with Crippen molar-refractivity contribution in [2.24, 2.45) is 5.73 Å². The molecule has 0 radical (unpaired) electrons. The van der Waals surface area contributed by atoms with Gasteiger partial charge >= 0.3 is 0 Å². The van der Waals surface area contributed by atoms with Crippen LogP contribution in [0.15, 0.2) is 23.0 Å². The molecule has 0 aliphatic carbocycles. The largest absolute Gasteiger partial charge is 0.313 e. The number of hydrogen-bond acceptors (Lipinski definition) is 3. The highest BCUT2D eigenvalue weighted by molar-refractivity contribution is 6.35. The fourth-order valence-electron chi connectivity index (χ4n) is 1.35. The van der Waals surface area contributed by atoms with Crippen molar-refractivity contribution in [3.05, 3.63) is 38.9 Å². The van der Waals surface area contributed by atoms with Crippen LogP contribution in [0, 0.1) is 0 Å². The molecule has 15 heavy (non-hydrogen) atoms. The molecule has 0 atom stereocenters. The Bertz CT molecular complexity index is 579. The molecule has 0 aliphatic heterocycles. The molecule has 0 spiro atoms. The Hall–Kier alpha value is -1.10. The third-order valence-electron chi connectivity index (χ3n) is 2.07. The van der Waals surface area contributed by atoms with Gasteiger partial charge < -0.3 is 5.73 Å². The van der Waals surface area contributed by atoms with E-state index in [0.29, 0.717) is 15.9 Å². The molecule has 0 amide bonds. The van der Waals surface area contributed by atoms with Gasteiger partial charge in [0.15, 0.2) is 0 Å². The van der Waals surface area contributed by atoms with Gasteiger partial charge in [-0.05, 0) is 23.7 Å². The van der Waals surface area contributed by atoms with Crippen LogP contribution in [0.2, 0.25) is 10.3 Å². The Labute approximate surface area is 95.2 Å². The van der Waals surface area contributed by atoms with E-state index in [0.717, 1.165) is 4.57 Å². The molecule has 0 bridgehead atoms. The normalized spacial score (nSPS) is 10.9. The number of nitrogens with two attached hydrogens (primary N) is 1. The molecule has 1 heterocycles. The molecule has 0 saturated carbocycles. The average molecular weight is 244 g/mol. The summed E-state index contributed by atoms with van der Waals surface area (Å²) < 4.78 is 1.16. The number of aromatic nitrogens is 2. The molecule has 2 rings (SSSR count). The lowest BCUT2D eigenvalue weighted by atomic mass is 10.2. The van der Waals surface area contributed by atoms with Crippen LogP contribution < -0.4 is 11.3 Å². The molecular weight excluding hydrogens is 237 g/mol. The van der Waals surface area contributed by atoms with Gasteiger partial charge in [-0.25, -0.2) is 4.98 Å². The number of fused-ring (bicyclic) bond motifs is 1. The predicted octanol–water partition coefficient (Wildman–Crippen LogP) is 1.62. The molecule has 4 nitrogen and oxygen atoms in total. The lowest BCUT2D eigenvalue weighted by Crippen LogP contribution is -2.26. The number of hydrogen-bond donors (Lipinski definition) is 1. The maximum Gasteiger partial charge on any atom is 0.264 e. The summed E-state index contributed by atoms with van der Waals surface area (Å²) in [7, 11) is 0. The molecule has 1 aromatic heterocycles. The summed E-state index contributed by atoms with van der Waals surface area (Å²) in [5, 5.41) is 0.759. The van der Waals surface area contributed by atoms with Gasteiger partial charge in [-0.15, -0.1) is 0 Å². The van der Waals surface area contributed by atoms with Crippen LogP contribution in [-0.4, -0.2) is 9.55 Å². The van der Waals surface area contributed by atoms with Gasteiger partial charge in [0.1, 0.15) is 0 Å². The van der Waals surface area contributed by atoms with Crippen molar-refractivity contribution in [2.75, 3.05) is 0 Å². The molecule has 2 aromatic rings. The van der Waals surface area contributed by atoms with E-state index in [-0.39, 0.29) is 17.5 Å². The van der Waals surface area contributed by atoms with Crippen LogP contribution in [0.1, 0.15) is 0 Å². The topological polar surface area (TPSA) is 60.9 Å². The summed E-state index contributed by atoms with van der Waals surface area (Å²) in [5.41, 5.74) is 5.54. The van der Waals surface area contributed by atoms with E-state index in [2.05, 4.69) is 4.98 Å². The van der Waals surface area contributed by atoms with Crippen molar-refractivity contribution >= 4 is 34.1 Å². The summed E-state index contributed by atoms with van der Waals surface area (Å²) in [6.07, 6.45) is 0. The van der Waals surface area contributed by atoms with Crippen LogP contribution >= 0.6 is 23.2 Å². The first-order valence-electron chi connectivity index (χ1n) is 4.20. The number of nitrogens with zero attached hydrogens (tertiary/aromatic N) is 2. The first kappa shape index (κ1) is 10.4. The van der Waals surface area contributed by atoms with E-state index in [9.17, 15) is 4.79 Å². The summed E-state index contributed by atoms with van der Waals surface area (Å²) >= 11 is 11.7. The van der Waals surface area contributed by atoms with Crippen molar-refractivity contribution < 1.29 is 0 Å². The van der Waals surface area contributed by atoms with E-state index in [1.807, 2.05) is 0 Å². The number of rotatable bonds is 1. The average Bonchev–Trinajstić information content (AvgIpc) is 2.17. The Balaban J connectivity index is 2.99. The van der Waals surface area contributed by atoms with Crippen molar-refractivity contribution in [3.8, 4) is 0 Å². The molecule has 6 heteroatoms. The van der Waals surface area contributed by atoms with Crippen LogP contribution in [0.25, 0.3) is 10.9 Å². The number of benzene rings is 1. The van der Waals surface area contributed by atoms with E-state index in [4.69, 9.17) is 28.9 Å². The maximum absolute atomic E-state index is 11.9. The fourth-order valence-corrected chi connectivity index (χ4v) is 1.84. The van der Waals surface area contributed by atoms with Gasteiger partial charge in [0, 0.05) is 0 Å². The molecule has 0 aliphatic rings. The van der Waals surface area contributed by atoms with E-state index >= 15 is 0 Å². The Kier molecular flexibility index (Phi) is 2.65. The van der Waals surface area contributed by atoms with Crippen LogP contribution in [0.3, 0.4) is 0 Å². The highest BCUT2D eigenvalue weighted by Gasteiger charge is 2.10. The van der Waals surface area contributed by atoms with Crippen LogP contribution in [-0.2, 0) is 6.67 Å². The zero-order chi connectivity index (χ0) is 11.0. The zero-order valence-corrected chi connectivity index (χ0v) is 9.09. The quantitative estimate of drug-likeness (QED) is 0.775. The molecular formula is C9H7Cl2N3O. The second-order valence-corrected chi connectivity index (χ2v) is 3.68. The lowest BCUT2D eigenvalue weighted by Gasteiger charge is -2.06. The minimum absolute atomic E-state index is 0.0220. The van der Waals surface area contributed by atoms with Gasteiger partial charge in [-0.2, -0.15) is 0 Å². The highest BCUT2D eigenvalue weighted by atomic mass is 35.5. The molecule has 1 aromatic carbocycles. The van der Waals surface area contributed by atoms with E-state index < -0.39 is 0 Å². The number of halogens is 2. The molecule has 2 N–H and O–H groups in total. The molecule has 0 saturated heterocycles. The van der Waals surface area contributed by atoms with Crippen LogP contribution in [0.5, 0.6) is 0 Å². The fraction of sp³-hybridized carbons (Fsp3) is 0.111. The SMILES string of the molecule is NCn1c(Cl)nc2cccc(Cl)c2c1=O. The maximum atomic E-state index is 11.9. The smallest absolute Gasteiger partial charge is 0.264 e. The lowest BCUT2D eigenvalue weighted by molar-refractivity contribution is 0.693. The van der Waals surface area contributed by atoms with Crippen LogP contribution in [0.4, 0.5) is 0 Å². The minimum Gasteiger partial charge on any atom is -0.313 e. The third kappa shape index (κ3) is 1.61. The van der Waals surface area contributed by atoms with Gasteiger partial charge in [0.2, 0.25) is 5.28 Å². The standard InChI is InChI=1S/C9H7Cl2N3O/c10-5-2-1-3-6-7(5)8(15)14(4-12)9(11)13-6/h1-3H,4,12H2.